The summed E-state index contributed by atoms with van der Waals surface area (Å²) in [6.45, 7) is 5.79. The van der Waals surface area contributed by atoms with Gasteiger partial charge in [-0.15, -0.1) is 0 Å². The van der Waals surface area contributed by atoms with Crippen LogP contribution < -0.4 is 14.2 Å². The molecule has 0 aliphatic heterocycles. The summed E-state index contributed by atoms with van der Waals surface area (Å²) < 4.78 is 17.0. The number of benzene rings is 3. The van der Waals surface area contributed by atoms with Gasteiger partial charge in [-0.3, -0.25) is 0 Å². The molecule has 3 rings (SSSR count). The Hall–Kier alpha value is -3.67. The van der Waals surface area contributed by atoms with Gasteiger partial charge in [0.1, 0.15) is 17.1 Å². The number of carboxylic acids is 1. The molecule has 2 N–H and O–H groups in total. The fourth-order valence-electron chi connectivity index (χ4n) is 3.32. The molecule has 1 unspecified atom stereocenters. The van der Waals surface area contributed by atoms with Crippen molar-refractivity contribution < 1.29 is 29.2 Å². The number of carboxylic acid groups (broad SMARTS) is 1. The Morgan fingerprint density at radius 3 is 2.13 bits per heavy atom. The Bertz CT molecular complexity index is 1060. The van der Waals surface area contributed by atoms with Crippen molar-refractivity contribution in [1.29, 1.82) is 0 Å². The maximum atomic E-state index is 11.4. The van der Waals surface area contributed by atoms with Gasteiger partial charge in [0.25, 0.3) is 0 Å². The van der Waals surface area contributed by atoms with Gasteiger partial charge >= 0.3 is 5.97 Å². The third kappa shape index (κ3) is 4.91. The van der Waals surface area contributed by atoms with Crippen molar-refractivity contribution in [3.8, 4) is 23.0 Å². The summed E-state index contributed by atoms with van der Waals surface area (Å²) in [6, 6.07) is 19.6. The van der Waals surface area contributed by atoms with Crippen LogP contribution in [-0.4, -0.2) is 29.6 Å². The predicted molar refractivity (Wildman–Crippen MR) is 117 cm³/mol. The number of hydrogen-bond acceptors (Lipinski definition) is 5. The minimum Gasteiger partial charge on any atom is -0.507 e. The second kappa shape index (κ2) is 9.00. The highest BCUT2D eigenvalue weighted by molar-refractivity contribution is 5.91. The zero-order chi connectivity index (χ0) is 22.6. The van der Waals surface area contributed by atoms with E-state index < -0.39 is 17.7 Å². The van der Waals surface area contributed by atoms with Crippen LogP contribution in [0.2, 0.25) is 0 Å². The van der Waals surface area contributed by atoms with Gasteiger partial charge in [-0.25, -0.2) is 4.79 Å². The summed E-state index contributed by atoms with van der Waals surface area (Å²) in [5.74, 6) is 0.447. The number of carbonyl (C=O) groups is 1. The van der Waals surface area contributed by atoms with E-state index in [4.69, 9.17) is 14.2 Å². The SMILES string of the molecule is COc1ccccc1OC(C)Oc1ccc(C(C)(C)c2ccc(O)c(C(=O)O)c2)cc1. The predicted octanol–water partition coefficient (Wildman–Crippen LogP) is 5.23. The molecule has 0 aromatic heterocycles. The van der Waals surface area contributed by atoms with Crippen molar-refractivity contribution in [2.75, 3.05) is 7.11 Å². The van der Waals surface area contributed by atoms with Crippen LogP contribution in [-0.2, 0) is 5.41 Å². The molecule has 0 aliphatic rings. The number of aromatic carboxylic acids is 1. The van der Waals surface area contributed by atoms with Gasteiger partial charge in [0, 0.05) is 12.3 Å². The van der Waals surface area contributed by atoms with E-state index in [1.165, 1.54) is 12.1 Å². The quantitative estimate of drug-likeness (QED) is 0.484. The van der Waals surface area contributed by atoms with Crippen molar-refractivity contribution in [2.24, 2.45) is 0 Å². The number of rotatable bonds is 8. The second-order valence-electron chi connectivity index (χ2n) is 7.64. The molecule has 31 heavy (non-hydrogen) atoms. The third-order valence-electron chi connectivity index (χ3n) is 5.19. The monoisotopic (exact) mass is 422 g/mol. The topological polar surface area (TPSA) is 85.2 Å². The zero-order valence-electron chi connectivity index (χ0n) is 18.0. The van der Waals surface area contributed by atoms with Gasteiger partial charge < -0.3 is 24.4 Å². The number of methoxy groups -OCH3 is 1. The maximum absolute atomic E-state index is 11.4. The van der Waals surface area contributed by atoms with Gasteiger partial charge in [-0.05, 0) is 47.5 Å². The number of ether oxygens (including phenoxy) is 3. The first-order valence-corrected chi connectivity index (χ1v) is 9.86. The van der Waals surface area contributed by atoms with Crippen LogP contribution in [0.1, 0.15) is 42.3 Å². The summed E-state index contributed by atoms with van der Waals surface area (Å²) >= 11 is 0. The molecule has 6 heteroatoms. The minimum atomic E-state index is -1.16. The van der Waals surface area contributed by atoms with Gasteiger partial charge in [0.2, 0.25) is 6.29 Å². The van der Waals surface area contributed by atoms with Gasteiger partial charge in [0.05, 0.1) is 7.11 Å². The first-order valence-electron chi connectivity index (χ1n) is 9.86. The lowest BCUT2D eigenvalue weighted by Gasteiger charge is -2.27. The first kappa shape index (κ1) is 22.0. The number of aromatic hydroxyl groups is 1. The molecule has 0 fully saturated rings. The fraction of sp³-hybridized carbons (Fsp3) is 0.240. The van der Waals surface area contributed by atoms with Crippen molar-refractivity contribution in [1.82, 2.24) is 0 Å². The van der Waals surface area contributed by atoms with Crippen LogP contribution in [0.25, 0.3) is 0 Å². The molecule has 0 saturated heterocycles. The second-order valence-corrected chi connectivity index (χ2v) is 7.64. The normalized spacial score (nSPS) is 12.1. The highest BCUT2D eigenvalue weighted by Gasteiger charge is 2.25. The molecular weight excluding hydrogens is 396 g/mol. The molecule has 0 saturated carbocycles. The molecule has 0 radical (unpaired) electrons. The number of para-hydroxylation sites is 2. The largest absolute Gasteiger partial charge is 0.507 e. The van der Waals surface area contributed by atoms with Crippen LogP contribution in [0.15, 0.2) is 66.7 Å². The smallest absolute Gasteiger partial charge is 0.339 e. The van der Waals surface area contributed by atoms with E-state index in [0.717, 1.165) is 11.1 Å². The van der Waals surface area contributed by atoms with E-state index in [9.17, 15) is 15.0 Å². The molecule has 0 heterocycles. The Labute approximate surface area is 181 Å². The van der Waals surface area contributed by atoms with Crippen LogP contribution in [0.5, 0.6) is 23.0 Å². The summed E-state index contributed by atoms with van der Waals surface area (Å²) in [7, 11) is 1.59. The zero-order valence-corrected chi connectivity index (χ0v) is 18.0. The average molecular weight is 422 g/mol. The van der Waals surface area contributed by atoms with E-state index >= 15 is 0 Å². The molecule has 6 nitrogen and oxygen atoms in total. The van der Waals surface area contributed by atoms with Crippen LogP contribution in [0.4, 0.5) is 0 Å². The van der Waals surface area contributed by atoms with Gasteiger partial charge in [-0.2, -0.15) is 0 Å². The lowest BCUT2D eigenvalue weighted by atomic mass is 9.77. The Balaban J connectivity index is 1.75. The van der Waals surface area contributed by atoms with E-state index in [-0.39, 0.29) is 11.3 Å². The highest BCUT2D eigenvalue weighted by Crippen LogP contribution is 2.35. The Morgan fingerprint density at radius 2 is 1.52 bits per heavy atom. The lowest BCUT2D eigenvalue weighted by Crippen LogP contribution is -2.21. The van der Waals surface area contributed by atoms with Crippen molar-refractivity contribution in [3.05, 3.63) is 83.4 Å². The van der Waals surface area contributed by atoms with Crippen molar-refractivity contribution in [3.63, 3.8) is 0 Å². The molecule has 0 aliphatic carbocycles. The molecule has 162 valence electrons. The standard InChI is InChI=1S/C25H26O6/c1-16(31-23-8-6-5-7-22(23)29-4)30-19-12-9-17(10-13-19)25(2,3)18-11-14-21(26)20(15-18)24(27)28/h5-16,26H,1-4H3,(H,27,28). The highest BCUT2D eigenvalue weighted by atomic mass is 16.7. The molecule has 0 bridgehead atoms. The molecule has 1 atom stereocenters. The van der Waals surface area contributed by atoms with Crippen LogP contribution in [0.3, 0.4) is 0 Å². The minimum absolute atomic E-state index is 0.118. The van der Waals surface area contributed by atoms with E-state index in [2.05, 4.69) is 0 Å². The summed E-state index contributed by atoms with van der Waals surface area (Å²) in [5.41, 5.74) is 1.16. The molecule has 3 aromatic carbocycles. The number of hydrogen-bond donors (Lipinski definition) is 2. The molecule has 3 aromatic rings. The Morgan fingerprint density at radius 1 is 0.903 bits per heavy atom. The molecular formula is C25H26O6. The van der Waals surface area contributed by atoms with E-state index in [1.54, 1.807) is 20.1 Å². The first-order chi connectivity index (χ1) is 14.7. The molecule has 0 amide bonds. The average Bonchev–Trinajstić information content (AvgIpc) is 2.74. The van der Waals surface area contributed by atoms with E-state index in [0.29, 0.717) is 17.2 Å². The van der Waals surface area contributed by atoms with Crippen LogP contribution >= 0.6 is 0 Å². The summed E-state index contributed by atoms with van der Waals surface area (Å²) in [6.07, 6.45) is -0.537. The summed E-state index contributed by atoms with van der Waals surface area (Å²) in [4.78, 5) is 11.4. The lowest BCUT2D eigenvalue weighted by molar-refractivity contribution is 0.0203. The van der Waals surface area contributed by atoms with Gasteiger partial charge in [-0.1, -0.05) is 44.2 Å². The third-order valence-corrected chi connectivity index (χ3v) is 5.19. The molecule has 0 spiro atoms. The van der Waals surface area contributed by atoms with E-state index in [1.807, 2.05) is 62.4 Å². The van der Waals surface area contributed by atoms with Crippen LogP contribution in [0, 0.1) is 0 Å². The Kier molecular flexibility index (Phi) is 6.39. The maximum Gasteiger partial charge on any atom is 0.339 e. The fourth-order valence-corrected chi connectivity index (χ4v) is 3.32. The van der Waals surface area contributed by atoms with Crippen molar-refractivity contribution >= 4 is 5.97 Å². The van der Waals surface area contributed by atoms with Gasteiger partial charge in [0.15, 0.2) is 11.5 Å². The summed E-state index contributed by atoms with van der Waals surface area (Å²) in [5, 5.41) is 19.1. The van der Waals surface area contributed by atoms with Crippen molar-refractivity contribution in [2.45, 2.75) is 32.5 Å². The number of phenols is 1.